The minimum Gasteiger partial charge on any atom is -0.490 e. The van der Waals surface area contributed by atoms with Crippen LogP contribution in [0, 0.1) is 11.8 Å². The zero-order valence-electron chi connectivity index (χ0n) is 12.6. The summed E-state index contributed by atoms with van der Waals surface area (Å²) in [6, 6.07) is 7.47. The predicted octanol–water partition coefficient (Wildman–Crippen LogP) is 4.00. The van der Waals surface area contributed by atoms with Crippen molar-refractivity contribution in [2.75, 3.05) is 6.61 Å². The van der Waals surface area contributed by atoms with Gasteiger partial charge in [0.1, 0.15) is 12.4 Å². The number of hydrogen-bond acceptors (Lipinski definition) is 2. The van der Waals surface area contributed by atoms with Gasteiger partial charge in [-0.3, -0.25) is 4.79 Å². The lowest BCUT2D eigenvalue weighted by molar-refractivity contribution is -0.137. The Morgan fingerprint density at radius 1 is 1.33 bits per heavy atom. The number of allylic oxidation sites excluding steroid dienone is 1. The zero-order chi connectivity index (χ0) is 15.5. The number of hydrogen-bond donors (Lipinski definition) is 1. The Balaban J connectivity index is 2.62. The van der Waals surface area contributed by atoms with Gasteiger partial charge in [0.15, 0.2) is 0 Å². The maximum atomic E-state index is 10.9. The number of unbranched alkanes of at least 4 members (excludes halogenated alkanes) is 1. The molecule has 0 saturated heterocycles. The first-order chi connectivity index (χ1) is 10.2. The molecule has 3 heteroatoms. The van der Waals surface area contributed by atoms with Crippen LogP contribution in [0.1, 0.15) is 44.6 Å². The van der Waals surface area contributed by atoms with Crippen LogP contribution < -0.4 is 4.74 Å². The Morgan fingerprint density at radius 2 is 2.05 bits per heavy atom. The fourth-order valence-electron chi connectivity index (χ4n) is 1.89. The van der Waals surface area contributed by atoms with Crippen molar-refractivity contribution in [2.45, 2.75) is 39.0 Å². The molecular formula is C18H22O3. The van der Waals surface area contributed by atoms with Crippen molar-refractivity contribution in [3.8, 4) is 17.6 Å². The topological polar surface area (TPSA) is 46.5 Å². The number of aliphatic carboxylic acids is 1. The molecule has 0 aliphatic carbocycles. The van der Waals surface area contributed by atoms with Crippen LogP contribution in [-0.2, 0) is 4.79 Å². The summed E-state index contributed by atoms with van der Waals surface area (Å²) in [5.41, 5.74) is 0.903. The number of benzene rings is 1. The summed E-state index contributed by atoms with van der Waals surface area (Å²) in [7, 11) is 0. The van der Waals surface area contributed by atoms with Gasteiger partial charge in [-0.05, 0) is 31.0 Å². The second kappa shape index (κ2) is 9.66. The quantitative estimate of drug-likeness (QED) is 0.580. The van der Waals surface area contributed by atoms with Crippen molar-refractivity contribution in [2.24, 2.45) is 0 Å². The van der Waals surface area contributed by atoms with Gasteiger partial charge in [-0.1, -0.05) is 43.5 Å². The summed E-state index contributed by atoms with van der Waals surface area (Å²) in [5, 5.41) is 8.91. The summed E-state index contributed by atoms with van der Waals surface area (Å²) < 4.78 is 5.59. The summed E-state index contributed by atoms with van der Waals surface area (Å²) in [5.74, 6) is 5.38. The molecule has 0 spiro atoms. The molecule has 0 unspecified atom stereocenters. The number of rotatable bonds is 8. The van der Waals surface area contributed by atoms with E-state index in [4.69, 9.17) is 9.84 Å². The van der Waals surface area contributed by atoms with Gasteiger partial charge in [0.25, 0.3) is 0 Å². The number of carboxylic acids is 1. The average Bonchev–Trinajstić information content (AvgIpc) is 2.47. The van der Waals surface area contributed by atoms with Crippen LogP contribution in [0.2, 0.25) is 0 Å². The molecule has 0 aliphatic heterocycles. The summed E-state index contributed by atoms with van der Waals surface area (Å²) in [4.78, 5) is 10.9. The lowest BCUT2D eigenvalue weighted by atomic mass is 9.96. The zero-order valence-corrected chi connectivity index (χ0v) is 12.6. The lowest BCUT2D eigenvalue weighted by Gasteiger charge is -2.10. The number of carboxylic acid groups (broad SMARTS) is 1. The fraction of sp³-hybridized carbons (Fsp3) is 0.389. The van der Waals surface area contributed by atoms with Gasteiger partial charge in [-0.2, -0.15) is 0 Å². The number of ether oxygens (including phenoxy) is 1. The monoisotopic (exact) mass is 286 g/mol. The highest BCUT2D eigenvalue weighted by Gasteiger charge is 2.12. The molecule has 1 aromatic rings. The first-order valence-electron chi connectivity index (χ1n) is 7.19. The maximum Gasteiger partial charge on any atom is 0.304 e. The lowest BCUT2D eigenvalue weighted by Crippen LogP contribution is -2.04. The van der Waals surface area contributed by atoms with E-state index < -0.39 is 5.97 Å². The first kappa shape index (κ1) is 16.8. The van der Waals surface area contributed by atoms with E-state index in [-0.39, 0.29) is 12.3 Å². The van der Waals surface area contributed by atoms with E-state index in [1.165, 1.54) is 0 Å². The van der Waals surface area contributed by atoms with E-state index in [9.17, 15) is 4.79 Å². The SMILES string of the molecule is CC#C[C@@H](CC(=O)O)c1ccc(OC/C=C/CCC)cc1. The molecule has 0 fully saturated rings. The van der Waals surface area contributed by atoms with Crippen molar-refractivity contribution in [3.63, 3.8) is 0 Å². The molecule has 0 heterocycles. The van der Waals surface area contributed by atoms with Crippen LogP contribution in [0.25, 0.3) is 0 Å². The van der Waals surface area contributed by atoms with Gasteiger partial charge < -0.3 is 9.84 Å². The van der Waals surface area contributed by atoms with E-state index in [1.807, 2.05) is 30.3 Å². The largest absolute Gasteiger partial charge is 0.490 e. The molecule has 0 bridgehead atoms. The second-order valence-corrected chi connectivity index (χ2v) is 4.68. The molecule has 112 valence electrons. The van der Waals surface area contributed by atoms with E-state index >= 15 is 0 Å². The molecule has 1 atom stereocenters. The third-order valence-corrected chi connectivity index (χ3v) is 2.95. The fourth-order valence-corrected chi connectivity index (χ4v) is 1.89. The van der Waals surface area contributed by atoms with Crippen LogP contribution in [0.15, 0.2) is 36.4 Å². The maximum absolute atomic E-state index is 10.9. The summed E-state index contributed by atoms with van der Waals surface area (Å²) in [6.07, 6.45) is 6.32. The molecule has 0 aliphatic rings. The molecular weight excluding hydrogens is 264 g/mol. The molecule has 3 nitrogen and oxygen atoms in total. The highest BCUT2D eigenvalue weighted by Crippen LogP contribution is 2.22. The van der Waals surface area contributed by atoms with Crippen LogP contribution in [0.4, 0.5) is 0 Å². The number of carbonyl (C=O) groups is 1. The minimum atomic E-state index is -0.843. The van der Waals surface area contributed by atoms with E-state index in [0.29, 0.717) is 6.61 Å². The van der Waals surface area contributed by atoms with Crippen LogP contribution in [-0.4, -0.2) is 17.7 Å². The van der Waals surface area contributed by atoms with Gasteiger partial charge in [0.2, 0.25) is 0 Å². The average molecular weight is 286 g/mol. The Hall–Kier alpha value is -2.21. The van der Waals surface area contributed by atoms with E-state index in [0.717, 1.165) is 24.2 Å². The first-order valence-corrected chi connectivity index (χ1v) is 7.19. The van der Waals surface area contributed by atoms with Gasteiger partial charge in [-0.15, -0.1) is 5.92 Å². The molecule has 0 aromatic heterocycles. The Kier molecular flexibility index (Phi) is 7.74. The van der Waals surface area contributed by atoms with Crippen molar-refractivity contribution in [1.29, 1.82) is 0 Å². The van der Waals surface area contributed by atoms with Gasteiger partial charge in [0, 0.05) is 0 Å². The van der Waals surface area contributed by atoms with Crippen LogP contribution in [0.5, 0.6) is 5.75 Å². The molecule has 0 radical (unpaired) electrons. The van der Waals surface area contributed by atoms with Crippen molar-refractivity contribution >= 4 is 5.97 Å². The van der Waals surface area contributed by atoms with Crippen LogP contribution in [0.3, 0.4) is 0 Å². The predicted molar refractivity (Wildman–Crippen MR) is 84.4 cm³/mol. The highest BCUT2D eigenvalue weighted by molar-refractivity contribution is 5.69. The Morgan fingerprint density at radius 3 is 2.62 bits per heavy atom. The highest BCUT2D eigenvalue weighted by atomic mass is 16.5. The van der Waals surface area contributed by atoms with Crippen molar-refractivity contribution in [3.05, 3.63) is 42.0 Å². The van der Waals surface area contributed by atoms with Gasteiger partial charge in [-0.25, -0.2) is 0 Å². The molecule has 1 N–H and O–H groups in total. The summed E-state index contributed by atoms with van der Waals surface area (Å²) >= 11 is 0. The molecule has 0 saturated carbocycles. The third-order valence-electron chi connectivity index (χ3n) is 2.95. The van der Waals surface area contributed by atoms with E-state index in [2.05, 4.69) is 24.8 Å². The molecule has 0 amide bonds. The van der Waals surface area contributed by atoms with Crippen LogP contribution >= 0.6 is 0 Å². The van der Waals surface area contributed by atoms with E-state index in [1.54, 1.807) is 6.92 Å². The Labute approximate surface area is 126 Å². The molecule has 1 rings (SSSR count). The molecule has 21 heavy (non-hydrogen) atoms. The third kappa shape index (κ3) is 6.67. The van der Waals surface area contributed by atoms with Gasteiger partial charge >= 0.3 is 5.97 Å². The smallest absolute Gasteiger partial charge is 0.304 e. The van der Waals surface area contributed by atoms with Crippen molar-refractivity contribution in [1.82, 2.24) is 0 Å². The summed E-state index contributed by atoms with van der Waals surface area (Å²) in [6.45, 7) is 4.40. The standard InChI is InChI=1S/C18H22O3/c1-3-5-6-7-13-21-17-11-9-15(10-12-17)16(8-4-2)14-18(19)20/h6-7,9-12,16H,3,5,13-14H2,1-2H3,(H,19,20)/b7-6+/t16-/m0/s1. The second-order valence-electron chi connectivity index (χ2n) is 4.68. The van der Waals surface area contributed by atoms with Crippen molar-refractivity contribution < 1.29 is 14.6 Å². The Bertz CT molecular complexity index is 518. The molecule has 1 aromatic carbocycles. The van der Waals surface area contributed by atoms with Gasteiger partial charge in [0.05, 0.1) is 12.3 Å². The normalized spacial score (nSPS) is 11.7. The minimum absolute atomic E-state index is 0.0147.